The molecule has 0 radical (unpaired) electrons. The largest absolute Gasteiger partial charge is 0.748 e. The molecule has 3 aliphatic rings. The molecule has 2 atom stereocenters. The summed E-state index contributed by atoms with van der Waals surface area (Å²) >= 11 is 0. The minimum absolute atomic E-state index is 0.0642. The third-order valence-corrected chi connectivity index (χ3v) is 5.85. The van der Waals surface area contributed by atoms with E-state index in [-0.39, 0.29) is 18.9 Å². The van der Waals surface area contributed by atoms with Crippen LogP contribution in [0.1, 0.15) is 25.7 Å². The summed E-state index contributed by atoms with van der Waals surface area (Å²) in [5, 5.41) is 0. The predicted molar refractivity (Wildman–Crippen MR) is 93.9 cm³/mol. The van der Waals surface area contributed by atoms with Gasteiger partial charge >= 0.3 is 6.09 Å². The fourth-order valence-corrected chi connectivity index (χ4v) is 4.30. The Morgan fingerprint density at radius 1 is 1.22 bits per heavy atom. The second-order valence-corrected chi connectivity index (χ2v) is 8.40. The van der Waals surface area contributed by atoms with Gasteiger partial charge in [0.2, 0.25) is 5.91 Å². The van der Waals surface area contributed by atoms with Crippen molar-refractivity contribution in [1.82, 2.24) is 0 Å². The maximum absolute atomic E-state index is 12.3. The molecule has 9 nitrogen and oxygen atoms in total. The van der Waals surface area contributed by atoms with Crippen molar-refractivity contribution < 1.29 is 32.0 Å². The molecule has 146 valence electrons. The summed E-state index contributed by atoms with van der Waals surface area (Å²) in [5.74, 6) is -0.0662. The average Bonchev–Trinajstić information content (AvgIpc) is 2.96. The summed E-state index contributed by atoms with van der Waals surface area (Å²) in [6, 6.07) is 4.70. The zero-order chi connectivity index (χ0) is 19.2. The van der Waals surface area contributed by atoms with E-state index in [1.807, 2.05) is 0 Å². The molecule has 0 saturated carbocycles. The standard InChI is InChI=1S/C17H20N2O7S/c20-16-3-1-2-7-18(16)11-4-5-12-15(9-11)25-10-13-14(6-8-27(22,23)24)26-17(21)19(12)13/h4-5,9,13-14H,1-3,6-8,10H2,(H,22,23,24)/p-1/t13-,14+/m0/s1. The van der Waals surface area contributed by atoms with E-state index in [4.69, 9.17) is 9.47 Å². The van der Waals surface area contributed by atoms with Gasteiger partial charge in [0.25, 0.3) is 0 Å². The number of anilines is 2. The highest BCUT2D eigenvalue weighted by Gasteiger charge is 2.46. The van der Waals surface area contributed by atoms with E-state index >= 15 is 0 Å². The first-order valence-corrected chi connectivity index (χ1v) is 10.4. The Hall–Kier alpha value is -2.33. The highest BCUT2D eigenvalue weighted by atomic mass is 32.2. The molecule has 0 N–H and O–H groups in total. The van der Waals surface area contributed by atoms with Crippen LogP contribution in [0.2, 0.25) is 0 Å². The van der Waals surface area contributed by atoms with Gasteiger partial charge in [-0.2, -0.15) is 0 Å². The molecule has 27 heavy (non-hydrogen) atoms. The number of hydrogen-bond donors (Lipinski definition) is 0. The fraction of sp³-hybridized carbons (Fsp3) is 0.529. The number of cyclic esters (lactones) is 1. The first-order valence-electron chi connectivity index (χ1n) is 8.84. The summed E-state index contributed by atoms with van der Waals surface area (Å²) < 4.78 is 43.6. The van der Waals surface area contributed by atoms with Gasteiger partial charge in [-0.05, 0) is 31.4 Å². The number of ether oxygens (including phenoxy) is 2. The lowest BCUT2D eigenvalue weighted by Crippen LogP contribution is -2.45. The van der Waals surface area contributed by atoms with Crippen LogP contribution >= 0.6 is 0 Å². The van der Waals surface area contributed by atoms with Gasteiger partial charge in [-0.3, -0.25) is 9.69 Å². The van der Waals surface area contributed by atoms with Crippen molar-refractivity contribution in [3.8, 4) is 5.75 Å². The quantitative estimate of drug-likeness (QED) is 0.704. The van der Waals surface area contributed by atoms with E-state index in [0.29, 0.717) is 24.4 Å². The van der Waals surface area contributed by atoms with E-state index < -0.39 is 34.1 Å². The number of hydrogen-bond acceptors (Lipinski definition) is 7. The van der Waals surface area contributed by atoms with Crippen LogP contribution in [0.25, 0.3) is 0 Å². The monoisotopic (exact) mass is 395 g/mol. The van der Waals surface area contributed by atoms with E-state index in [2.05, 4.69) is 0 Å². The van der Waals surface area contributed by atoms with E-state index in [0.717, 1.165) is 18.5 Å². The van der Waals surface area contributed by atoms with Crippen LogP contribution in [-0.4, -0.2) is 56.0 Å². The first kappa shape index (κ1) is 18.1. The molecule has 1 aromatic rings. The normalized spacial score (nSPS) is 24.9. The minimum Gasteiger partial charge on any atom is -0.748 e. The number of carbonyl (C=O) groups is 2. The Bertz CT molecular complexity index is 885. The Morgan fingerprint density at radius 3 is 2.78 bits per heavy atom. The molecule has 2 saturated heterocycles. The fourth-order valence-electron chi connectivity index (χ4n) is 3.78. The lowest BCUT2D eigenvalue weighted by atomic mass is 10.1. The second-order valence-electron chi connectivity index (χ2n) is 6.88. The topological polar surface area (TPSA) is 116 Å². The highest BCUT2D eigenvalue weighted by molar-refractivity contribution is 7.85. The Kier molecular flexibility index (Phi) is 4.47. The molecule has 1 aromatic carbocycles. The van der Waals surface area contributed by atoms with Gasteiger partial charge in [-0.25, -0.2) is 13.2 Å². The van der Waals surface area contributed by atoms with Crippen molar-refractivity contribution in [3.63, 3.8) is 0 Å². The summed E-state index contributed by atoms with van der Waals surface area (Å²) in [7, 11) is -4.39. The third-order valence-electron chi connectivity index (χ3n) is 5.11. The van der Waals surface area contributed by atoms with Crippen LogP contribution in [-0.2, 0) is 19.6 Å². The highest BCUT2D eigenvalue weighted by Crippen LogP contribution is 2.41. The number of rotatable bonds is 4. The number of carbonyl (C=O) groups excluding carboxylic acids is 2. The van der Waals surface area contributed by atoms with Gasteiger partial charge in [0.15, 0.2) is 0 Å². The van der Waals surface area contributed by atoms with Crippen molar-refractivity contribution in [2.45, 2.75) is 37.8 Å². The molecular formula is C17H19N2O7S-. The molecule has 0 bridgehead atoms. The zero-order valence-electron chi connectivity index (χ0n) is 14.5. The zero-order valence-corrected chi connectivity index (χ0v) is 15.3. The average molecular weight is 395 g/mol. The smallest absolute Gasteiger partial charge is 0.415 e. The predicted octanol–water partition coefficient (Wildman–Crippen LogP) is 1.23. The van der Waals surface area contributed by atoms with Gasteiger partial charge in [0.05, 0.1) is 15.8 Å². The molecule has 2 amide bonds. The summed E-state index contributed by atoms with van der Waals surface area (Å²) in [5.41, 5.74) is 1.23. The van der Waals surface area contributed by atoms with Crippen LogP contribution in [0.15, 0.2) is 18.2 Å². The molecule has 0 unspecified atom stereocenters. The van der Waals surface area contributed by atoms with Crippen molar-refractivity contribution in [2.24, 2.45) is 0 Å². The molecule has 0 spiro atoms. The number of amides is 2. The van der Waals surface area contributed by atoms with Gasteiger partial charge < -0.3 is 18.9 Å². The van der Waals surface area contributed by atoms with Crippen LogP contribution in [0, 0.1) is 0 Å². The summed E-state index contributed by atoms with van der Waals surface area (Å²) in [6.07, 6.45) is 0.950. The van der Waals surface area contributed by atoms with Crippen molar-refractivity contribution in [1.29, 1.82) is 0 Å². The molecular weight excluding hydrogens is 376 g/mol. The Labute approximate surface area is 156 Å². The van der Waals surface area contributed by atoms with Gasteiger partial charge in [0, 0.05) is 30.5 Å². The van der Waals surface area contributed by atoms with Crippen molar-refractivity contribution in [2.75, 3.05) is 28.7 Å². The number of nitrogens with zero attached hydrogens (tertiary/aromatic N) is 2. The van der Waals surface area contributed by atoms with E-state index in [1.54, 1.807) is 23.1 Å². The van der Waals surface area contributed by atoms with E-state index in [9.17, 15) is 22.6 Å². The molecule has 3 heterocycles. The van der Waals surface area contributed by atoms with E-state index in [1.165, 1.54) is 4.90 Å². The Morgan fingerprint density at radius 2 is 2.04 bits per heavy atom. The number of fused-ring (bicyclic) bond motifs is 3. The van der Waals surface area contributed by atoms with Gasteiger partial charge in [-0.1, -0.05) is 0 Å². The van der Waals surface area contributed by atoms with Crippen LogP contribution in [0.4, 0.5) is 16.2 Å². The number of benzene rings is 1. The molecule has 3 aliphatic heterocycles. The molecule has 0 aliphatic carbocycles. The maximum atomic E-state index is 12.3. The molecule has 0 aromatic heterocycles. The summed E-state index contributed by atoms with van der Waals surface area (Å²) in [6.45, 7) is 0.775. The Balaban J connectivity index is 1.57. The van der Waals surface area contributed by atoms with Gasteiger partial charge in [-0.15, -0.1) is 0 Å². The third kappa shape index (κ3) is 3.46. The second kappa shape index (κ2) is 6.68. The minimum atomic E-state index is -4.39. The lowest BCUT2D eigenvalue weighted by molar-refractivity contribution is -0.119. The SMILES string of the molecule is O=C1CCCCN1c1ccc2c(c1)OC[C@H]1[C@@H](CCS(=O)(=O)[O-])OC(=O)N21. The molecule has 2 fully saturated rings. The molecule has 4 rings (SSSR count). The summed E-state index contributed by atoms with van der Waals surface area (Å²) in [4.78, 5) is 27.6. The van der Waals surface area contributed by atoms with Crippen LogP contribution in [0.5, 0.6) is 5.75 Å². The van der Waals surface area contributed by atoms with Crippen molar-refractivity contribution >= 4 is 33.5 Å². The lowest BCUT2D eigenvalue weighted by Gasteiger charge is -2.33. The first-order chi connectivity index (χ1) is 12.8. The van der Waals surface area contributed by atoms with Crippen molar-refractivity contribution in [3.05, 3.63) is 18.2 Å². The molecule has 10 heteroatoms. The number of piperidine rings is 1. The van der Waals surface area contributed by atoms with Crippen LogP contribution in [0.3, 0.4) is 0 Å². The van der Waals surface area contributed by atoms with Gasteiger partial charge in [0.1, 0.15) is 24.5 Å². The maximum Gasteiger partial charge on any atom is 0.415 e. The van der Waals surface area contributed by atoms with Crippen LogP contribution < -0.4 is 14.5 Å².